The van der Waals surface area contributed by atoms with Crippen LogP contribution in [0.25, 0.3) is 11.0 Å². The lowest BCUT2D eigenvalue weighted by Gasteiger charge is -2.22. The van der Waals surface area contributed by atoms with Crippen LogP contribution < -0.4 is 5.32 Å². The molecular weight excluding hydrogens is 202 g/mol. The van der Waals surface area contributed by atoms with Gasteiger partial charge in [-0.2, -0.15) is 0 Å². The molecular formula is C13H15NO2. The number of aryl methyl sites for hydroxylation is 1. The molecule has 0 radical (unpaired) electrons. The normalized spacial score (nSPS) is 21.4. The number of ether oxygens (including phenoxy) is 1. The van der Waals surface area contributed by atoms with Crippen molar-refractivity contribution in [2.45, 2.75) is 13.0 Å². The minimum absolute atomic E-state index is 0.0566. The minimum Gasteiger partial charge on any atom is -0.458 e. The molecule has 3 nitrogen and oxygen atoms in total. The first-order chi connectivity index (χ1) is 7.86. The summed E-state index contributed by atoms with van der Waals surface area (Å²) in [5.74, 6) is 0.966. The Kier molecular flexibility index (Phi) is 2.42. The zero-order chi connectivity index (χ0) is 11.0. The number of hydrogen-bond acceptors (Lipinski definition) is 3. The van der Waals surface area contributed by atoms with E-state index in [1.165, 1.54) is 10.9 Å². The van der Waals surface area contributed by atoms with E-state index in [0.717, 1.165) is 31.0 Å². The summed E-state index contributed by atoms with van der Waals surface area (Å²) < 4.78 is 11.6. The molecule has 2 aromatic rings. The van der Waals surface area contributed by atoms with Gasteiger partial charge in [-0.1, -0.05) is 18.2 Å². The van der Waals surface area contributed by atoms with Gasteiger partial charge >= 0.3 is 0 Å². The Morgan fingerprint density at radius 2 is 2.19 bits per heavy atom. The van der Waals surface area contributed by atoms with Gasteiger partial charge in [0, 0.05) is 24.0 Å². The van der Waals surface area contributed by atoms with Crippen LogP contribution in [0.1, 0.15) is 17.4 Å². The fraction of sp³-hybridized carbons (Fsp3) is 0.385. The lowest BCUT2D eigenvalue weighted by atomic mass is 10.1. The highest BCUT2D eigenvalue weighted by atomic mass is 16.5. The average molecular weight is 217 g/mol. The highest BCUT2D eigenvalue weighted by molar-refractivity contribution is 5.82. The SMILES string of the molecule is Cc1c(C2CNCCO2)oc2ccccc12. The summed E-state index contributed by atoms with van der Waals surface area (Å²) in [5, 5.41) is 4.51. The van der Waals surface area contributed by atoms with Crippen molar-refractivity contribution >= 4 is 11.0 Å². The van der Waals surface area contributed by atoms with E-state index in [1.54, 1.807) is 0 Å². The Labute approximate surface area is 94.4 Å². The summed E-state index contributed by atoms with van der Waals surface area (Å²) in [5.41, 5.74) is 2.15. The molecule has 16 heavy (non-hydrogen) atoms. The quantitative estimate of drug-likeness (QED) is 0.796. The fourth-order valence-electron chi connectivity index (χ4n) is 2.23. The van der Waals surface area contributed by atoms with E-state index < -0.39 is 0 Å². The first-order valence-corrected chi connectivity index (χ1v) is 5.66. The van der Waals surface area contributed by atoms with E-state index in [-0.39, 0.29) is 6.10 Å². The van der Waals surface area contributed by atoms with E-state index >= 15 is 0 Å². The summed E-state index contributed by atoms with van der Waals surface area (Å²) in [6, 6.07) is 8.12. The van der Waals surface area contributed by atoms with E-state index in [1.807, 2.05) is 18.2 Å². The molecule has 1 saturated heterocycles. The van der Waals surface area contributed by atoms with Crippen molar-refractivity contribution in [3.63, 3.8) is 0 Å². The van der Waals surface area contributed by atoms with Crippen molar-refractivity contribution in [1.29, 1.82) is 0 Å². The van der Waals surface area contributed by atoms with Gasteiger partial charge in [0.2, 0.25) is 0 Å². The maximum absolute atomic E-state index is 5.87. The molecule has 1 atom stereocenters. The molecule has 1 aliphatic rings. The third-order valence-corrected chi connectivity index (χ3v) is 3.10. The number of morpholine rings is 1. The number of hydrogen-bond donors (Lipinski definition) is 1. The largest absolute Gasteiger partial charge is 0.458 e. The molecule has 1 aliphatic heterocycles. The van der Waals surface area contributed by atoms with Crippen molar-refractivity contribution in [2.75, 3.05) is 19.7 Å². The maximum Gasteiger partial charge on any atom is 0.138 e. The highest BCUT2D eigenvalue weighted by Gasteiger charge is 2.22. The summed E-state index contributed by atoms with van der Waals surface area (Å²) >= 11 is 0. The highest BCUT2D eigenvalue weighted by Crippen LogP contribution is 2.31. The van der Waals surface area contributed by atoms with Crippen LogP contribution in [-0.2, 0) is 4.74 Å². The number of rotatable bonds is 1. The molecule has 1 N–H and O–H groups in total. The second kappa shape index (κ2) is 3.92. The second-order valence-corrected chi connectivity index (χ2v) is 4.15. The topological polar surface area (TPSA) is 34.4 Å². The number of nitrogens with one attached hydrogen (secondary N) is 1. The van der Waals surface area contributed by atoms with Gasteiger partial charge in [-0.3, -0.25) is 0 Å². The van der Waals surface area contributed by atoms with Crippen molar-refractivity contribution in [2.24, 2.45) is 0 Å². The van der Waals surface area contributed by atoms with Gasteiger partial charge in [0.05, 0.1) is 6.61 Å². The van der Waals surface area contributed by atoms with Gasteiger partial charge in [0.15, 0.2) is 0 Å². The molecule has 0 saturated carbocycles. The van der Waals surface area contributed by atoms with Crippen LogP contribution in [0.2, 0.25) is 0 Å². The molecule has 84 valence electrons. The van der Waals surface area contributed by atoms with Crippen molar-refractivity contribution < 1.29 is 9.15 Å². The smallest absolute Gasteiger partial charge is 0.138 e. The van der Waals surface area contributed by atoms with Crippen LogP contribution in [0.15, 0.2) is 28.7 Å². The van der Waals surface area contributed by atoms with Gasteiger partial charge in [0.1, 0.15) is 17.4 Å². The summed E-state index contributed by atoms with van der Waals surface area (Å²) in [6.07, 6.45) is 0.0566. The molecule has 0 amide bonds. The number of fused-ring (bicyclic) bond motifs is 1. The standard InChI is InChI=1S/C13H15NO2/c1-9-10-4-2-3-5-11(10)16-13(9)12-8-14-6-7-15-12/h2-5,12,14H,6-8H2,1H3. The second-order valence-electron chi connectivity index (χ2n) is 4.15. The first kappa shape index (κ1) is 9.87. The fourth-order valence-corrected chi connectivity index (χ4v) is 2.23. The average Bonchev–Trinajstić information content (AvgIpc) is 2.69. The van der Waals surface area contributed by atoms with Crippen LogP contribution in [0.4, 0.5) is 0 Å². The Morgan fingerprint density at radius 3 is 2.94 bits per heavy atom. The number of benzene rings is 1. The zero-order valence-corrected chi connectivity index (χ0v) is 9.32. The first-order valence-electron chi connectivity index (χ1n) is 5.66. The molecule has 1 aromatic heterocycles. The molecule has 2 heterocycles. The summed E-state index contributed by atoms with van der Waals surface area (Å²) in [7, 11) is 0. The molecule has 0 bridgehead atoms. The molecule has 1 aromatic carbocycles. The zero-order valence-electron chi connectivity index (χ0n) is 9.32. The van der Waals surface area contributed by atoms with Gasteiger partial charge in [-0.15, -0.1) is 0 Å². The Bertz CT molecular complexity index is 498. The van der Waals surface area contributed by atoms with Crippen molar-refractivity contribution in [1.82, 2.24) is 5.32 Å². The molecule has 3 rings (SSSR count). The third-order valence-electron chi connectivity index (χ3n) is 3.10. The van der Waals surface area contributed by atoms with Gasteiger partial charge < -0.3 is 14.5 Å². The van der Waals surface area contributed by atoms with E-state index in [9.17, 15) is 0 Å². The molecule has 0 spiro atoms. The van der Waals surface area contributed by atoms with E-state index in [2.05, 4.69) is 18.3 Å². The predicted octanol–water partition coefficient (Wildman–Crippen LogP) is 2.40. The van der Waals surface area contributed by atoms with Crippen LogP contribution in [-0.4, -0.2) is 19.7 Å². The summed E-state index contributed by atoms with van der Waals surface area (Å²) in [6.45, 7) is 4.61. The van der Waals surface area contributed by atoms with Crippen LogP contribution >= 0.6 is 0 Å². The maximum atomic E-state index is 5.87. The van der Waals surface area contributed by atoms with Gasteiger partial charge in [-0.05, 0) is 13.0 Å². The Hall–Kier alpha value is -1.32. The lowest BCUT2D eigenvalue weighted by Crippen LogP contribution is -2.33. The summed E-state index contributed by atoms with van der Waals surface area (Å²) in [4.78, 5) is 0. The van der Waals surface area contributed by atoms with E-state index in [0.29, 0.717) is 0 Å². The number of furan rings is 1. The van der Waals surface area contributed by atoms with Crippen LogP contribution in [0.3, 0.4) is 0 Å². The Balaban J connectivity index is 2.05. The predicted molar refractivity (Wildman–Crippen MR) is 62.5 cm³/mol. The van der Waals surface area contributed by atoms with Crippen molar-refractivity contribution in [3.8, 4) is 0 Å². The number of para-hydroxylation sites is 1. The van der Waals surface area contributed by atoms with Crippen molar-refractivity contribution in [3.05, 3.63) is 35.6 Å². The lowest BCUT2D eigenvalue weighted by molar-refractivity contribution is 0.0147. The van der Waals surface area contributed by atoms with E-state index in [4.69, 9.17) is 9.15 Å². The molecule has 0 aliphatic carbocycles. The van der Waals surface area contributed by atoms with Gasteiger partial charge in [-0.25, -0.2) is 0 Å². The molecule has 3 heteroatoms. The monoisotopic (exact) mass is 217 g/mol. The van der Waals surface area contributed by atoms with Crippen LogP contribution in [0.5, 0.6) is 0 Å². The molecule has 1 fully saturated rings. The minimum atomic E-state index is 0.0566. The van der Waals surface area contributed by atoms with Crippen LogP contribution in [0, 0.1) is 6.92 Å². The third kappa shape index (κ3) is 1.52. The Morgan fingerprint density at radius 1 is 1.31 bits per heavy atom. The molecule has 1 unspecified atom stereocenters. The van der Waals surface area contributed by atoms with Gasteiger partial charge in [0.25, 0.3) is 0 Å².